The highest BCUT2D eigenvalue weighted by molar-refractivity contribution is 6.31. The van der Waals surface area contributed by atoms with Gasteiger partial charge in [-0.05, 0) is 35.9 Å². The topological polar surface area (TPSA) is 59.1 Å². The third-order valence-electron chi connectivity index (χ3n) is 4.36. The van der Waals surface area contributed by atoms with Crippen LogP contribution in [-0.2, 0) is 6.54 Å². The minimum atomic E-state index is 0.491. The first-order valence-corrected chi connectivity index (χ1v) is 9.26. The third-order valence-corrected chi connectivity index (χ3v) is 4.73. The van der Waals surface area contributed by atoms with Gasteiger partial charge < -0.3 is 15.4 Å². The number of fused-ring (bicyclic) bond motifs is 1. The van der Waals surface area contributed by atoms with Gasteiger partial charge in [0.1, 0.15) is 11.6 Å². The molecule has 2 N–H and O–H groups in total. The van der Waals surface area contributed by atoms with E-state index < -0.39 is 0 Å². The molecular weight excluding hydrogens is 372 g/mol. The highest BCUT2D eigenvalue weighted by atomic mass is 35.5. The Bertz CT molecular complexity index is 1120. The molecule has 0 fully saturated rings. The van der Waals surface area contributed by atoms with E-state index in [1.807, 2.05) is 72.8 Å². The zero-order valence-corrected chi connectivity index (χ0v) is 16.1. The van der Waals surface area contributed by atoms with Gasteiger partial charge in [-0.3, -0.25) is 0 Å². The number of hydrogen-bond acceptors (Lipinski definition) is 5. The van der Waals surface area contributed by atoms with Crippen molar-refractivity contribution in [2.45, 2.75) is 6.54 Å². The molecule has 0 bridgehead atoms. The van der Waals surface area contributed by atoms with Crippen LogP contribution in [0, 0.1) is 0 Å². The molecule has 0 aliphatic heterocycles. The standard InChI is InChI=1S/C22H19ClN4O/c1-28-20-13-7-6-12-19(20)26-22-25-18-11-5-3-9-16(18)21(27-22)24-14-15-8-2-4-10-17(15)23/h2-13H,14H2,1H3,(H2,24,25,26,27). The van der Waals surface area contributed by atoms with E-state index in [2.05, 4.69) is 20.6 Å². The molecule has 0 spiro atoms. The lowest BCUT2D eigenvalue weighted by Crippen LogP contribution is -2.06. The SMILES string of the molecule is COc1ccccc1Nc1nc(NCc2ccccc2Cl)c2ccccc2n1. The van der Waals surface area contributed by atoms with Gasteiger partial charge in [-0.2, -0.15) is 4.98 Å². The van der Waals surface area contributed by atoms with Gasteiger partial charge in [-0.15, -0.1) is 0 Å². The molecule has 0 unspecified atom stereocenters. The van der Waals surface area contributed by atoms with Gasteiger partial charge in [0.25, 0.3) is 0 Å². The van der Waals surface area contributed by atoms with Gasteiger partial charge in [0.05, 0.1) is 18.3 Å². The Morgan fingerprint density at radius 3 is 2.50 bits per heavy atom. The average Bonchev–Trinajstić information content (AvgIpc) is 2.73. The Kier molecular flexibility index (Phi) is 5.26. The van der Waals surface area contributed by atoms with Crippen LogP contribution in [0.3, 0.4) is 0 Å². The number of benzene rings is 3. The molecule has 0 radical (unpaired) electrons. The second-order valence-corrected chi connectivity index (χ2v) is 6.59. The molecule has 140 valence electrons. The zero-order valence-electron chi connectivity index (χ0n) is 15.3. The minimum Gasteiger partial charge on any atom is -0.495 e. The van der Waals surface area contributed by atoms with Crippen LogP contribution in [0.5, 0.6) is 5.75 Å². The van der Waals surface area contributed by atoms with Gasteiger partial charge in [0, 0.05) is 17.0 Å². The van der Waals surface area contributed by atoms with E-state index in [9.17, 15) is 0 Å². The summed E-state index contributed by atoms with van der Waals surface area (Å²) in [6.45, 7) is 0.564. The molecule has 0 saturated heterocycles. The summed E-state index contributed by atoms with van der Waals surface area (Å²) in [5.41, 5.74) is 2.65. The molecule has 0 aliphatic rings. The number of aromatic nitrogens is 2. The second kappa shape index (κ2) is 8.15. The normalized spacial score (nSPS) is 10.6. The van der Waals surface area contributed by atoms with E-state index in [-0.39, 0.29) is 0 Å². The fraction of sp³-hybridized carbons (Fsp3) is 0.0909. The van der Waals surface area contributed by atoms with E-state index in [1.165, 1.54) is 0 Å². The lowest BCUT2D eigenvalue weighted by atomic mass is 10.2. The van der Waals surface area contributed by atoms with Crippen molar-refractivity contribution >= 4 is 40.0 Å². The Hall–Kier alpha value is -3.31. The maximum atomic E-state index is 6.28. The maximum absolute atomic E-state index is 6.28. The lowest BCUT2D eigenvalue weighted by molar-refractivity contribution is 0.417. The van der Waals surface area contributed by atoms with Gasteiger partial charge in [0.15, 0.2) is 0 Å². The fourth-order valence-electron chi connectivity index (χ4n) is 2.96. The highest BCUT2D eigenvalue weighted by Crippen LogP contribution is 2.28. The molecule has 1 aromatic heterocycles. The first kappa shape index (κ1) is 18.1. The molecule has 28 heavy (non-hydrogen) atoms. The molecule has 4 rings (SSSR count). The maximum Gasteiger partial charge on any atom is 0.229 e. The van der Waals surface area contributed by atoms with Gasteiger partial charge in [-0.25, -0.2) is 4.98 Å². The Labute approximate surface area is 168 Å². The number of para-hydroxylation sites is 3. The predicted molar refractivity (Wildman–Crippen MR) is 115 cm³/mol. The summed E-state index contributed by atoms with van der Waals surface area (Å²) in [5.74, 6) is 1.96. The Balaban J connectivity index is 1.68. The molecule has 0 saturated carbocycles. The van der Waals surface area contributed by atoms with Crippen LogP contribution < -0.4 is 15.4 Å². The summed E-state index contributed by atoms with van der Waals surface area (Å²) in [4.78, 5) is 9.32. The number of anilines is 3. The summed E-state index contributed by atoms with van der Waals surface area (Å²) >= 11 is 6.28. The number of methoxy groups -OCH3 is 1. The molecule has 4 aromatic rings. The van der Waals surface area contributed by atoms with Crippen molar-refractivity contribution < 1.29 is 4.74 Å². The summed E-state index contributed by atoms with van der Waals surface area (Å²) in [5, 5.41) is 8.31. The summed E-state index contributed by atoms with van der Waals surface area (Å²) in [7, 11) is 1.64. The Morgan fingerprint density at radius 2 is 1.64 bits per heavy atom. The van der Waals surface area contributed by atoms with Crippen LogP contribution in [0.4, 0.5) is 17.5 Å². The van der Waals surface area contributed by atoms with E-state index in [1.54, 1.807) is 7.11 Å². The smallest absolute Gasteiger partial charge is 0.229 e. The van der Waals surface area contributed by atoms with Crippen molar-refractivity contribution in [2.24, 2.45) is 0 Å². The lowest BCUT2D eigenvalue weighted by Gasteiger charge is -2.14. The Morgan fingerprint density at radius 1 is 0.893 bits per heavy atom. The predicted octanol–water partition coefficient (Wildman–Crippen LogP) is 5.65. The minimum absolute atomic E-state index is 0.491. The van der Waals surface area contributed by atoms with Crippen molar-refractivity contribution in [3.8, 4) is 5.75 Å². The summed E-state index contributed by atoms with van der Waals surface area (Å²) in [6.07, 6.45) is 0. The first-order chi connectivity index (χ1) is 13.7. The van der Waals surface area contributed by atoms with E-state index in [4.69, 9.17) is 16.3 Å². The number of nitrogens with zero attached hydrogens (tertiary/aromatic N) is 2. The molecule has 1 heterocycles. The molecule has 0 atom stereocenters. The van der Waals surface area contributed by atoms with Crippen LogP contribution in [0.25, 0.3) is 10.9 Å². The largest absolute Gasteiger partial charge is 0.495 e. The molecule has 3 aromatic carbocycles. The van der Waals surface area contributed by atoms with Crippen LogP contribution in [0.15, 0.2) is 72.8 Å². The van der Waals surface area contributed by atoms with Crippen molar-refractivity contribution in [3.05, 3.63) is 83.4 Å². The van der Waals surface area contributed by atoms with E-state index in [0.717, 1.165) is 38.7 Å². The molecule has 6 heteroatoms. The molecular formula is C22H19ClN4O. The molecule has 5 nitrogen and oxygen atoms in total. The summed E-state index contributed by atoms with van der Waals surface area (Å²) < 4.78 is 5.41. The van der Waals surface area contributed by atoms with Crippen LogP contribution in [0.1, 0.15) is 5.56 Å². The van der Waals surface area contributed by atoms with Crippen molar-refractivity contribution in [1.29, 1.82) is 0 Å². The van der Waals surface area contributed by atoms with Gasteiger partial charge in [0.2, 0.25) is 5.95 Å². The average molecular weight is 391 g/mol. The zero-order chi connectivity index (χ0) is 19.3. The first-order valence-electron chi connectivity index (χ1n) is 8.88. The number of ether oxygens (including phenoxy) is 1. The van der Waals surface area contributed by atoms with Crippen LogP contribution in [0.2, 0.25) is 5.02 Å². The van der Waals surface area contributed by atoms with Crippen LogP contribution >= 0.6 is 11.6 Å². The van der Waals surface area contributed by atoms with E-state index in [0.29, 0.717) is 12.5 Å². The number of halogens is 1. The van der Waals surface area contributed by atoms with E-state index >= 15 is 0 Å². The van der Waals surface area contributed by atoms with Crippen molar-refractivity contribution in [3.63, 3.8) is 0 Å². The summed E-state index contributed by atoms with van der Waals surface area (Å²) in [6, 6.07) is 23.3. The number of rotatable bonds is 6. The van der Waals surface area contributed by atoms with Crippen molar-refractivity contribution in [2.75, 3.05) is 17.7 Å². The van der Waals surface area contributed by atoms with Crippen molar-refractivity contribution in [1.82, 2.24) is 9.97 Å². The molecule has 0 amide bonds. The number of nitrogens with one attached hydrogen (secondary N) is 2. The molecule has 0 aliphatic carbocycles. The number of hydrogen-bond donors (Lipinski definition) is 2. The third kappa shape index (κ3) is 3.85. The van der Waals surface area contributed by atoms with Gasteiger partial charge >= 0.3 is 0 Å². The highest BCUT2D eigenvalue weighted by Gasteiger charge is 2.10. The fourth-order valence-corrected chi connectivity index (χ4v) is 3.16. The monoisotopic (exact) mass is 390 g/mol. The quantitative estimate of drug-likeness (QED) is 0.445. The van der Waals surface area contributed by atoms with Crippen LogP contribution in [-0.4, -0.2) is 17.1 Å². The second-order valence-electron chi connectivity index (χ2n) is 6.18. The van der Waals surface area contributed by atoms with Gasteiger partial charge in [-0.1, -0.05) is 54.1 Å².